The molecule has 28 nitrogen and oxygen atoms in total. The molecule has 0 fully saturated rings. The predicted octanol–water partition coefficient (Wildman–Crippen LogP) is 27.2. The largest absolute Gasteiger partial charge is 0.332 e. The molecule has 0 unspecified atom stereocenters. The quantitative estimate of drug-likeness (QED) is 0.0160. The number of oxime groups is 4. The summed E-state index contributed by atoms with van der Waals surface area (Å²) in [5.41, 5.74) is 23.4. The molecule has 0 N–H and O–H groups in total. The zero-order chi connectivity index (χ0) is 102. The molecular formula is C115H97FN12O16. The van der Waals surface area contributed by atoms with Gasteiger partial charge in [0.25, 0.3) is 22.7 Å². The van der Waals surface area contributed by atoms with E-state index >= 15 is 0 Å². The number of nitro benzene ring substituents is 4. The zero-order valence-corrected chi connectivity index (χ0v) is 80.3. The van der Waals surface area contributed by atoms with Crippen LogP contribution in [0.1, 0.15) is 140 Å². The van der Waals surface area contributed by atoms with E-state index in [2.05, 4.69) is 53.4 Å². The Morgan fingerprint density at radius 1 is 0.292 bits per heavy atom. The van der Waals surface area contributed by atoms with Crippen molar-refractivity contribution in [2.24, 2.45) is 20.6 Å². The van der Waals surface area contributed by atoms with Gasteiger partial charge < -0.3 is 37.6 Å². The van der Waals surface area contributed by atoms with Crippen LogP contribution in [0.15, 0.2) is 342 Å². The third kappa shape index (κ3) is 21.4. The van der Waals surface area contributed by atoms with Crippen LogP contribution in [-0.4, -0.2) is 84.7 Å². The number of nitro groups is 4. The van der Waals surface area contributed by atoms with Gasteiger partial charge in [-0.25, -0.2) is 23.6 Å². The molecule has 720 valence electrons. The number of aromatic nitrogens is 4. The van der Waals surface area contributed by atoms with Crippen LogP contribution in [0.5, 0.6) is 0 Å². The molecule has 0 aliphatic carbocycles. The summed E-state index contributed by atoms with van der Waals surface area (Å²) in [4.78, 5) is 110. The molecule has 19 rings (SSSR count). The van der Waals surface area contributed by atoms with Crippen LogP contribution in [0.2, 0.25) is 0 Å². The van der Waals surface area contributed by atoms with E-state index in [4.69, 9.17) is 19.4 Å². The van der Waals surface area contributed by atoms with E-state index in [0.717, 1.165) is 191 Å². The number of fused-ring (bicyclic) bond motifs is 12. The summed E-state index contributed by atoms with van der Waals surface area (Å²) in [6.07, 6.45) is 6.91. The standard InChI is InChI=1S/C30H25N3O4.C29H31N3O4.C28H20FN3O4.C28H21N3O4/c1-19-8-4-5-9-22(19)17-28(31-37-21(3)34)25-14-12-23(16-20(25)2)32-29-11-7-6-10-26(29)27-18-24(33(35)36)13-15-30(27)32;1-4-5-6-7-8-12-27(30-36-21(3)33)24-16-14-22(18-20(24)2)31-28-13-10-9-11-25(28)26-19-23(32(34)35)15-17-29(26)31;1-17-15-19(11-13-21(17)28(30-36-18(2)33)23-8-3-5-9-25(23)29)31-26-10-6-4-7-22(26)24-16-20(32(34)35)12-14-27(24)31;1-18-16-21(12-14-23(18)28(29-35-19(2)32)20-8-4-3-5-9-20)30-26-11-7-6-10-24(26)25-17-22(31(33)34)13-15-27(25)30/h4-16,18H,17H2,1-3H3;9-11,13-19H,4-8,12H2,1-3H3;3-16H,1-2H3;3-17H,1-2H3/b31-28-;30-27-;30-28+;29-28-. The van der Waals surface area contributed by atoms with E-state index in [1.165, 1.54) is 71.2 Å². The minimum absolute atomic E-state index is 0.0214. The van der Waals surface area contributed by atoms with Crippen molar-refractivity contribution in [3.63, 3.8) is 0 Å². The van der Waals surface area contributed by atoms with Crippen molar-refractivity contribution < 1.29 is 62.6 Å². The number of halogens is 1. The van der Waals surface area contributed by atoms with Gasteiger partial charge in [0.15, 0.2) is 0 Å². The van der Waals surface area contributed by atoms with Crippen LogP contribution in [0.4, 0.5) is 27.1 Å². The van der Waals surface area contributed by atoms with E-state index in [1.54, 1.807) is 78.9 Å². The molecule has 0 radical (unpaired) electrons. The normalized spacial score (nSPS) is 11.7. The lowest BCUT2D eigenvalue weighted by Crippen LogP contribution is -2.11. The van der Waals surface area contributed by atoms with E-state index in [0.29, 0.717) is 23.4 Å². The molecule has 0 bridgehead atoms. The van der Waals surface area contributed by atoms with Crippen LogP contribution in [0.3, 0.4) is 0 Å². The molecule has 0 saturated carbocycles. The van der Waals surface area contributed by atoms with E-state index < -0.39 is 34.6 Å². The van der Waals surface area contributed by atoms with Gasteiger partial charge in [-0.3, -0.25) is 40.5 Å². The zero-order valence-electron chi connectivity index (χ0n) is 80.3. The van der Waals surface area contributed by atoms with E-state index in [-0.39, 0.29) is 48.8 Å². The lowest BCUT2D eigenvalue weighted by Gasteiger charge is -2.14. The molecule has 144 heavy (non-hydrogen) atoms. The Hall–Kier alpha value is -18.4. The van der Waals surface area contributed by atoms with Crippen LogP contribution in [0, 0.1) is 80.9 Å². The highest BCUT2D eigenvalue weighted by Gasteiger charge is 2.26. The number of aryl methyl sites for hydroxylation is 5. The fourth-order valence-corrected chi connectivity index (χ4v) is 18.2. The summed E-state index contributed by atoms with van der Waals surface area (Å²) < 4.78 is 23.0. The number of rotatable bonds is 26. The molecule has 29 heteroatoms. The van der Waals surface area contributed by atoms with Gasteiger partial charge >= 0.3 is 23.9 Å². The number of para-hydroxylation sites is 4. The average molecular weight is 1920 g/mol. The summed E-state index contributed by atoms with van der Waals surface area (Å²) in [5.74, 6) is -2.51. The Balaban J connectivity index is 0.000000138. The molecule has 0 atom stereocenters. The molecule has 4 heterocycles. The van der Waals surface area contributed by atoms with Crippen molar-refractivity contribution in [3.05, 3.63) is 435 Å². The fraction of sp³-hybridized carbons (Fsp3) is 0.148. The van der Waals surface area contributed by atoms with Crippen molar-refractivity contribution in [3.8, 4) is 22.7 Å². The van der Waals surface area contributed by atoms with Crippen molar-refractivity contribution in [1.82, 2.24) is 18.3 Å². The van der Waals surface area contributed by atoms with Gasteiger partial charge in [0.05, 0.1) is 75.3 Å². The Morgan fingerprint density at radius 2 is 0.597 bits per heavy atom. The van der Waals surface area contributed by atoms with E-state index in [9.17, 15) is 64.0 Å². The summed E-state index contributed by atoms with van der Waals surface area (Å²) in [6, 6.07) is 98.5. The second-order valence-corrected chi connectivity index (χ2v) is 34.6. The first-order chi connectivity index (χ1) is 69.5. The minimum atomic E-state index is -0.613. The molecular weight excluding hydrogens is 1820 g/mol. The molecule has 0 amide bonds. The number of non-ortho nitro benzene ring substituents is 4. The second-order valence-electron chi connectivity index (χ2n) is 34.6. The number of carbonyl (C=O) groups is 4. The summed E-state index contributed by atoms with van der Waals surface area (Å²) in [7, 11) is 0. The molecule has 4 aromatic heterocycles. The molecule has 0 aliphatic rings. The van der Waals surface area contributed by atoms with Gasteiger partial charge in [-0.1, -0.05) is 217 Å². The predicted molar refractivity (Wildman–Crippen MR) is 561 cm³/mol. The summed E-state index contributed by atoms with van der Waals surface area (Å²) in [5, 5.41) is 69.0. The van der Waals surface area contributed by atoms with Crippen LogP contribution >= 0.6 is 0 Å². The Kier molecular flexibility index (Phi) is 30.0. The topological polar surface area (TPSA) is 347 Å². The third-order valence-electron chi connectivity index (χ3n) is 24.9. The molecule has 0 aliphatic heterocycles. The lowest BCUT2D eigenvalue weighted by molar-refractivity contribution is -0.384. The SMILES string of the molecule is CC(=O)O/N=C(/Cc1ccccc1C)c1ccc(-n2c3ccccc3c3cc([N+](=O)[O-])ccc32)cc1C.CC(=O)O/N=C(/c1ccccc1)c1ccc(-n2c3ccccc3c3cc([N+](=O)[O-])ccc32)cc1C.CC(=O)O/N=C(\c1ccc(-n2c3ccccc3c3cc([N+](=O)[O-])ccc32)cc1C)c1ccccc1F.CCCCCCC/C(=N/OC(C)=O)c1ccc(-n2c3ccccc3c3cc([N+](=O)[O-])ccc32)cc1C. The van der Waals surface area contributed by atoms with Crippen LogP contribution in [-0.2, 0) is 44.9 Å². The number of benzene rings is 15. The van der Waals surface area contributed by atoms with Gasteiger partial charge in [0, 0.05) is 182 Å². The van der Waals surface area contributed by atoms with Crippen molar-refractivity contribution in [1.29, 1.82) is 0 Å². The molecule has 0 spiro atoms. The van der Waals surface area contributed by atoms with E-state index in [1.807, 2.05) is 245 Å². The maximum atomic E-state index is 14.6. The first-order valence-corrected chi connectivity index (χ1v) is 46.5. The highest BCUT2D eigenvalue weighted by atomic mass is 19.1. The second kappa shape index (κ2) is 43.7. The van der Waals surface area contributed by atoms with Gasteiger partial charge in [0.2, 0.25) is 0 Å². The van der Waals surface area contributed by atoms with Gasteiger partial charge in [0.1, 0.15) is 17.2 Å². The first kappa shape index (κ1) is 98.6. The number of hydrogen-bond donors (Lipinski definition) is 0. The Labute approximate surface area is 825 Å². The van der Waals surface area contributed by atoms with Gasteiger partial charge in [-0.05, 0) is 190 Å². The summed E-state index contributed by atoms with van der Waals surface area (Å²) in [6.45, 7) is 17.3. The smallest absolute Gasteiger partial charge is 0.318 e. The minimum Gasteiger partial charge on any atom is -0.318 e. The van der Waals surface area contributed by atoms with Gasteiger partial charge in [-0.15, -0.1) is 0 Å². The average Bonchev–Trinajstić information content (AvgIpc) is 1.60. The summed E-state index contributed by atoms with van der Waals surface area (Å²) >= 11 is 0. The van der Waals surface area contributed by atoms with Crippen LogP contribution < -0.4 is 0 Å². The third-order valence-corrected chi connectivity index (χ3v) is 24.9. The Bertz CT molecular complexity index is 8460. The molecule has 0 saturated heterocycles. The Morgan fingerprint density at radius 3 is 0.958 bits per heavy atom. The molecule has 15 aromatic carbocycles. The van der Waals surface area contributed by atoms with Gasteiger partial charge in [-0.2, -0.15) is 0 Å². The number of hydrogen-bond acceptors (Lipinski definition) is 20. The monoisotopic (exact) mass is 1920 g/mol. The van der Waals surface area contributed by atoms with Crippen LogP contribution in [0.25, 0.3) is 110 Å². The number of carbonyl (C=O) groups excluding carboxylic acids is 4. The van der Waals surface area contributed by atoms with Crippen molar-refractivity contribution in [2.45, 2.75) is 114 Å². The van der Waals surface area contributed by atoms with Crippen molar-refractivity contribution >= 4 is 157 Å². The highest BCUT2D eigenvalue weighted by Crippen LogP contribution is 2.41. The first-order valence-electron chi connectivity index (χ1n) is 46.5. The maximum Gasteiger partial charge on any atom is 0.332 e. The number of nitrogens with zero attached hydrogens (tertiary/aromatic N) is 12. The maximum absolute atomic E-state index is 14.6. The molecule has 19 aromatic rings. The highest BCUT2D eigenvalue weighted by molar-refractivity contribution is 6.17. The number of unbranched alkanes of at least 4 members (excludes halogenated alkanes) is 4. The lowest BCUT2D eigenvalue weighted by atomic mass is 9.96. The fourth-order valence-electron chi connectivity index (χ4n) is 18.2. The van der Waals surface area contributed by atoms with Crippen molar-refractivity contribution in [2.75, 3.05) is 0 Å².